The largest absolute Gasteiger partial charge is 0.463 e. The summed E-state index contributed by atoms with van der Waals surface area (Å²) in [6.45, 7) is 2.08. The van der Waals surface area contributed by atoms with Gasteiger partial charge in [-0.2, -0.15) is 4.98 Å². The Bertz CT molecular complexity index is 1130. The molecule has 0 saturated heterocycles. The highest BCUT2D eigenvalue weighted by Crippen LogP contribution is 2.39. The Balaban J connectivity index is 1.47. The summed E-state index contributed by atoms with van der Waals surface area (Å²) in [6, 6.07) is 20.0. The van der Waals surface area contributed by atoms with Gasteiger partial charge in [-0.1, -0.05) is 59.8 Å². The van der Waals surface area contributed by atoms with Crippen LogP contribution in [0.25, 0.3) is 11.3 Å². The molecule has 0 spiro atoms. The van der Waals surface area contributed by atoms with Crippen LogP contribution in [-0.4, -0.2) is 15.2 Å². The van der Waals surface area contributed by atoms with Gasteiger partial charge in [0, 0.05) is 17.0 Å². The molecular weight excluding hydrogens is 384 g/mol. The maximum absolute atomic E-state index is 6.16. The zero-order valence-corrected chi connectivity index (χ0v) is 16.5. The fourth-order valence-corrected chi connectivity index (χ4v) is 3.84. The van der Waals surface area contributed by atoms with E-state index in [1.54, 1.807) is 6.26 Å². The molecule has 0 saturated carbocycles. The van der Waals surface area contributed by atoms with Gasteiger partial charge < -0.3 is 14.5 Å². The van der Waals surface area contributed by atoms with Crippen molar-refractivity contribution in [3.05, 3.63) is 83.8 Å². The van der Waals surface area contributed by atoms with Crippen molar-refractivity contribution < 1.29 is 9.15 Å². The number of ether oxygens (including phenoxy) is 1. The summed E-state index contributed by atoms with van der Waals surface area (Å²) in [4.78, 5) is 4.65. The summed E-state index contributed by atoms with van der Waals surface area (Å²) in [5.74, 6) is 1.86. The van der Waals surface area contributed by atoms with E-state index < -0.39 is 6.23 Å². The number of thioether (sulfide) groups is 1. The molecule has 0 fully saturated rings. The molecule has 1 aliphatic rings. The molecule has 2 aromatic carbocycles. The van der Waals surface area contributed by atoms with Crippen LogP contribution in [0.2, 0.25) is 0 Å². The zero-order chi connectivity index (χ0) is 19.6. The molecule has 144 valence electrons. The smallest absolute Gasteiger partial charge is 0.247 e. The number of hydrogen-bond donors (Lipinski definition) is 1. The van der Waals surface area contributed by atoms with Gasteiger partial charge in [-0.3, -0.25) is 0 Å². The molecule has 7 heteroatoms. The van der Waals surface area contributed by atoms with Crippen molar-refractivity contribution in [1.29, 1.82) is 0 Å². The lowest BCUT2D eigenvalue weighted by molar-refractivity contribution is 0.195. The van der Waals surface area contributed by atoms with Crippen LogP contribution in [0.1, 0.15) is 23.1 Å². The number of rotatable bonds is 4. The third kappa shape index (κ3) is 3.69. The minimum absolute atomic E-state index is 0.435. The Morgan fingerprint density at radius 1 is 1.00 bits per heavy atom. The molecule has 0 aliphatic carbocycles. The lowest BCUT2D eigenvalue weighted by atomic mass is 10.1. The quantitative estimate of drug-likeness (QED) is 0.468. The van der Waals surface area contributed by atoms with E-state index in [1.165, 1.54) is 22.9 Å². The van der Waals surface area contributed by atoms with E-state index in [9.17, 15) is 0 Å². The van der Waals surface area contributed by atoms with Crippen LogP contribution < -0.4 is 10.1 Å². The molecule has 0 unspecified atom stereocenters. The van der Waals surface area contributed by atoms with E-state index in [0.29, 0.717) is 22.5 Å². The molecule has 1 N–H and O–H groups in total. The minimum Gasteiger partial charge on any atom is -0.463 e. The molecule has 2 aromatic heterocycles. The highest BCUT2D eigenvalue weighted by molar-refractivity contribution is 7.98. The second kappa shape index (κ2) is 7.60. The molecule has 1 atom stereocenters. The monoisotopic (exact) mass is 402 g/mol. The molecule has 0 bridgehead atoms. The lowest BCUT2D eigenvalue weighted by Gasteiger charge is -2.16. The fraction of sp³-hybridized carbons (Fsp3) is 0.136. The number of fused-ring (bicyclic) bond motifs is 3. The highest BCUT2D eigenvalue weighted by Gasteiger charge is 2.27. The molecule has 3 heterocycles. The van der Waals surface area contributed by atoms with Gasteiger partial charge in [0.05, 0.1) is 6.26 Å². The van der Waals surface area contributed by atoms with Crippen LogP contribution in [0.3, 0.4) is 0 Å². The van der Waals surface area contributed by atoms with E-state index in [0.717, 1.165) is 17.0 Å². The van der Waals surface area contributed by atoms with Crippen LogP contribution in [0, 0.1) is 6.92 Å². The van der Waals surface area contributed by atoms with E-state index in [4.69, 9.17) is 9.15 Å². The van der Waals surface area contributed by atoms with Crippen molar-refractivity contribution >= 4 is 17.4 Å². The van der Waals surface area contributed by atoms with Crippen molar-refractivity contribution in [2.45, 2.75) is 24.1 Å². The van der Waals surface area contributed by atoms with E-state index >= 15 is 0 Å². The predicted octanol–water partition coefficient (Wildman–Crippen LogP) is 5.24. The molecule has 0 radical (unpaired) electrons. The number of benzene rings is 2. The van der Waals surface area contributed by atoms with Gasteiger partial charge in [0.25, 0.3) is 0 Å². The maximum Gasteiger partial charge on any atom is 0.247 e. The highest BCUT2D eigenvalue weighted by atomic mass is 32.2. The third-order valence-electron chi connectivity index (χ3n) is 4.62. The SMILES string of the molecule is Cc1ccc(CSc2nnc3c(n2)O[C@@H](c2ccco2)Nc2ccccc2-3)cc1. The summed E-state index contributed by atoms with van der Waals surface area (Å²) >= 11 is 1.53. The first kappa shape index (κ1) is 17.8. The Hall–Kier alpha value is -3.32. The molecule has 1 aliphatic heterocycles. The van der Waals surface area contributed by atoms with Crippen LogP contribution in [0.15, 0.2) is 76.5 Å². The van der Waals surface area contributed by atoms with Crippen molar-refractivity contribution in [3.63, 3.8) is 0 Å². The molecule has 4 aromatic rings. The van der Waals surface area contributed by atoms with Crippen molar-refractivity contribution in [2.75, 3.05) is 5.32 Å². The predicted molar refractivity (Wildman–Crippen MR) is 112 cm³/mol. The standard InChI is InChI=1S/C22H18N4O2S/c1-14-8-10-15(11-9-14)13-29-22-24-21-19(25-26-22)16-5-2-3-6-17(16)23-20(28-21)18-7-4-12-27-18/h2-12,20,23H,13H2,1H3/t20-/m0/s1. The summed E-state index contributed by atoms with van der Waals surface area (Å²) in [6.07, 6.45) is 1.12. The van der Waals surface area contributed by atoms with Gasteiger partial charge in [0.2, 0.25) is 17.3 Å². The molecule has 29 heavy (non-hydrogen) atoms. The first-order chi connectivity index (χ1) is 14.3. The zero-order valence-electron chi connectivity index (χ0n) is 15.7. The number of nitrogens with one attached hydrogen (secondary N) is 1. The number of hydrogen-bond acceptors (Lipinski definition) is 7. The molecule has 6 nitrogen and oxygen atoms in total. The topological polar surface area (TPSA) is 73.1 Å². The number of nitrogens with zero attached hydrogens (tertiary/aromatic N) is 3. The number of aromatic nitrogens is 3. The van der Waals surface area contributed by atoms with Crippen molar-refractivity contribution in [1.82, 2.24) is 15.2 Å². The Morgan fingerprint density at radius 3 is 2.69 bits per heavy atom. The average molecular weight is 402 g/mol. The normalized spacial score (nSPS) is 14.9. The Labute approximate surface area is 172 Å². The first-order valence-corrected chi connectivity index (χ1v) is 10.2. The first-order valence-electron chi connectivity index (χ1n) is 9.25. The number of para-hydroxylation sites is 1. The average Bonchev–Trinajstić information content (AvgIpc) is 3.23. The molecular formula is C22H18N4O2S. The van der Waals surface area contributed by atoms with Gasteiger partial charge in [0.1, 0.15) is 0 Å². The lowest BCUT2D eigenvalue weighted by Crippen LogP contribution is -2.16. The van der Waals surface area contributed by atoms with Crippen LogP contribution in [-0.2, 0) is 5.75 Å². The Morgan fingerprint density at radius 2 is 1.86 bits per heavy atom. The van der Waals surface area contributed by atoms with E-state index in [2.05, 4.69) is 51.7 Å². The molecule has 5 rings (SSSR count). The second-order valence-electron chi connectivity index (χ2n) is 6.73. The van der Waals surface area contributed by atoms with Crippen LogP contribution in [0.4, 0.5) is 5.69 Å². The second-order valence-corrected chi connectivity index (χ2v) is 7.67. The van der Waals surface area contributed by atoms with Crippen LogP contribution in [0.5, 0.6) is 5.88 Å². The van der Waals surface area contributed by atoms with Gasteiger partial charge in [-0.25, -0.2) is 0 Å². The van der Waals surface area contributed by atoms with Gasteiger partial charge in [-0.05, 0) is 30.7 Å². The fourth-order valence-electron chi connectivity index (χ4n) is 3.11. The van der Waals surface area contributed by atoms with Crippen molar-refractivity contribution in [2.24, 2.45) is 0 Å². The van der Waals surface area contributed by atoms with Gasteiger partial charge in [0.15, 0.2) is 11.5 Å². The van der Waals surface area contributed by atoms with E-state index in [-0.39, 0.29) is 0 Å². The summed E-state index contributed by atoms with van der Waals surface area (Å²) < 4.78 is 11.7. The number of anilines is 1. The molecule has 0 amide bonds. The van der Waals surface area contributed by atoms with Crippen molar-refractivity contribution in [3.8, 4) is 17.1 Å². The number of aryl methyl sites for hydroxylation is 1. The number of furan rings is 1. The minimum atomic E-state index is -0.501. The van der Waals surface area contributed by atoms with E-state index in [1.807, 2.05) is 36.4 Å². The van der Waals surface area contributed by atoms with Gasteiger partial charge in [-0.15, -0.1) is 10.2 Å². The third-order valence-corrected chi connectivity index (χ3v) is 5.53. The Kier molecular flexibility index (Phi) is 4.65. The summed E-state index contributed by atoms with van der Waals surface area (Å²) in [5, 5.41) is 12.7. The van der Waals surface area contributed by atoms with Gasteiger partial charge >= 0.3 is 0 Å². The van der Waals surface area contributed by atoms with Crippen LogP contribution >= 0.6 is 11.8 Å². The summed E-state index contributed by atoms with van der Waals surface area (Å²) in [5.41, 5.74) is 4.85. The maximum atomic E-state index is 6.16. The summed E-state index contributed by atoms with van der Waals surface area (Å²) in [7, 11) is 0.